The van der Waals surface area contributed by atoms with E-state index in [4.69, 9.17) is 0 Å². The maximum Gasteiger partial charge on any atom is 0.279 e. The summed E-state index contributed by atoms with van der Waals surface area (Å²) < 4.78 is 0. The average Bonchev–Trinajstić information content (AvgIpc) is 2.16. The van der Waals surface area contributed by atoms with Gasteiger partial charge in [-0.05, 0) is 12.8 Å². The van der Waals surface area contributed by atoms with E-state index in [0.29, 0.717) is 12.7 Å². The second-order valence-corrected chi connectivity index (χ2v) is 3.62. The predicted octanol–water partition coefficient (Wildman–Crippen LogP) is 1.12. The van der Waals surface area contributed by atoms with E-state index in [1.807, 2.05) is 0 Å². The first kappa shape index (κ1) is 10.8. The van der Waals surface area contributed by atoms with Crippen molar-refractivity contribution in [1.82, 2.24) is 0 Å². The molecule has 1 atom stereocenters. The van der Waals surface area contributed by atoms with Crippen LogP contribution in [0.1, 0.15) is 38.5 Å². The van der Waals surface area contributed by atoms with Gasteiger partial charge in [0.05, 0.1) is 0 Å². The SMILES string of the molecule is O=CCCC1([N+](=O)[O-])CCCCC1=O. The third-order valence-corrected chi connectivity index (χ3v) is 2.79. The van der Waals surface area contributed by atoms with E-state index < -0.39 is 10.5 Å². The van der Waals surface area contributed by atoms with Gasteiger partial charge in [-0.15, -0.1) is 0 Å². The van der Waals surface area contributed by atoms with Gasteiger partial charge in [0.25, 0.3) is 5.54 Å². The van der Waals surface area contributed by atoms with Crippen molar-refractivity contribution in [3.05, 3.63) is 10.1 Å². The second-order valence-electron chi connectivity index (χ2n) is 3.62. The molecule has 1 saturated carbocycles. The number of nitrogens with zero attached hydrogens (tertiary/aromatic N) is 1. The molecule has 0 aliphatic heterocycles. The molecule has 1 unspecified atom stereocenters. The number of ketones is 1. The number of aldehydes is 1. The zero-order valence-electron chi connectivity index (χ0n) is 7.90. The molecule has 1 aliphatic carbocycles. The van der Waals surface area contributed by atoms with Crippen LogP contribution in [-0.4, -0.2) is 22.5 Å². The maximum absolute atomic E-state index is 11.5. The van der Waals surface area contributed by atoms with E-state index in [0.717, 1.165) is 6.42 Å². The largest absolute Gasteiger partial charge is 0.303 e. The van der Waals surface area contributed by atoms with Crippen molar-refractivity contribution in [3.8, 4) is 0 Å². The third-order valence-electron chi connectivity index (χ3n) is 2.79. The molecule has 5 heteroatoms. The van der Waals surface area contributed by atoms with Crippen LogP contribution in [0.25, 0.3) is 0 Å². The molecule has 0 aromatic carbocycles. The number of nitro groups is 1. The van der Waals surface area contributed by atoms with Gasteiger partial charge in [-0.25, -0.2) is 0 Å². The van der Waals surface area contributed by atoms with Crippen LogP contribution in [0.5, 0.6) is 0 Å². The van der Waals surface area contributed by atoms with Crippen LogP contribution in [0.2, 0.25) is 0 Å². The van der Waals surface area contributed by atoms with E-state index in [-0.39, 0.29) is 31.5 Å². The van der Waals surface area contributed by atoms with Crippen LogP contribution >= 0.6 is 0 Å². The second kappa shape index (κ2) is 4.30. The number of hydrogen-bond acceptors (Lipinski definition) is 4. The Morgan fingerprint density at radius 2 is 2.21 bits per heavy atom. The van der Waals surface area contributed by atoms with Crippen LogP contribution in [0.4, 0.5) is 0 Å². The molecule has 0 amide bonds. The normalized spacial score (nSPS) is 27.3. The molecular formula is C9H13NO4. The summed E-state index contributed by atoms with van der Waals surface area (Å²) >= 11 is 0. The molecule has 0 bridgehead atoms. The molecule has 0 radical (unpaired) electrons. The molecule has 1 rings (SSSR count). The first-order chi connectivity index (χ1) is 6.63. The average molecular weight is 199 g/mol. The molecule has 1 aliphatic rings. The number of rotatable bonds is 4. The summed E-state index contributed by atoms with van der Waals surface area (Å²) in [4.78, 5) is 32.1. The van der Waals surface area contributed by atoms with Gasteiger partial charge in [0, 0.05) is 30.6 Å². The van der Waals surface area contributed by atoms with E-state index in [9.17, 15) is 19.7 Å². The van der Waals surface area contributed by atoms with Crippen molar-refractivity contribution in [3.63, 3.8) is 0 Å². The lowest BCUT2D eigenvalue weighted by Crippen LogP contribution is -2.48. The number of hydrogen-bond donors (Lipinski definition) is 0. The highest BCUT2D eigenvalue weighted by Gasteiger charge is 2.50. The van der Waals surface area contributed by atoms with Gasteiger partial charge in [0.2, 0.25) is 5.78 Å². The van der Waals surface area contributed by atoms with Crippen molar-refractivity contribution >= 4 is 12.1 Å². The zero-order valence-corrected chi connectivity index (χ0v) is 7.90. The minimum absolute atomic E-state index is 0.0579. The van der Waals surface area contributed by atoms with Gasteiger partial charge in [0.1, 0.15) is 6.29 Å². The van der Waals surface area contributed by atoms with Crippen molar-refractivity contribution in [2.75, 3.05) is 0 Å². The highest BCUT2D eigenvalue weighted by atomic mass is 16.6. The van der Waals surface area contributed by atoms with E-state index in [2.05, 4.69) is 0 Å². The highest BCUT2D eigenvalue weighted by molar-refractivity contribution is 5.87. The monoisotopic (exact) mass is 199 g/mol. The molecule has 0 aromatic rings. The first-order valence-corrected chi connectivity index (χ1v) is 4.75. The summed E-state index contributed by atoms with van der Waals surface area (Å²) in [5.74, 6) is -0.310. The van der Waals surface area contributed by atoms with Gasteiger partial charge < -0.3 is 4.79 Å². The summed E-state index contributed by atoms with van der Waals surface area (Å²) in [6.07, 6.45) is 2.77. The van der Waals surface area contributed by atoms with Gasteiger partial charge in [0.15, 0.2) is 0 Å². The van der Waals surface area contributed by atoms with Crippen molar-refractivity contribution in [2.24, 2.45) is 0 Å². The Morgan fingerprint density at radius 3 is 2.71 bits per heavy atom. The van der Waals surface area contributed by atoms with Gasteiger partial charge in [-0.1, -0.05) is 0 Å². The van der Waals surface area contributed by atoms with Crippen LogP contribution < -0.4 is 0 Å². The van der Waals surface area contributed by atoms with Crippen LogP contribution in [0.3, 0.4) is 0 Å². The zero-order chi connectivity index (χ0) is 10.6. The third kappa shape index (κ3) is 1.81. The maximum atomic E-state index is 11.5. The lowest BCUT2D eigenvalue weighted by atomic mass is 9.78. The Balaban J connectivity index is 2.83. The molecule has 0 spiro atoms. The Labute approximate surface area is 81.6 Å². The number of carbonyl (C=O) groups excluding carboxylic acids is 2. The van der Waals surface area contributed by atoms with Crippen LogP contribution in [-0.2, 0) is 9.59 Å². The Kier molecular flexibility index (Phi) is 3.33. The van der Waals surface area contributed by atoms with Crippen molar-refractivity contribution < 1.29 is 14.5 Å². The van der Waals surface area contributed by atoms with Crippen LogP contribution in [0.15, 0.2) is 0 Å². The standard InChI is InChI=1S/C9H13NO4/c11-7-3-6-9(10(13)14)5-2-1-4-8(9)12/h7H,1-6H2. The van der Waals surface area contributed by atoms with Gasteiger partial charge in [-0.2, -0.15) is 0 Å². The summed E-state index contributed by atoms with van der Waals surface area (Å²) in [7, 11) is 0. The summed E-state index contributed by atoms with van der Waals surface area (Å²) in [6.45, 7) is 0. The van der Waals surface area contributed by atoms with Crippen LogP contribution in [0, 0.1) is 10.1 Å². The lowest BCUT2D eigenvalue weighted by Gasteiger charge is -2.26. The summed E-state index contributed by atoms with van der Waals surface area (Å²) in [6, 6.07) is 0. The quantitative estimate of drug-likeness (QED) is 0.386. The topological polar surface area (TPSA) is 77.3 Å². The minimum Gasteiger partial charge on any atom is -0.303 e. The smallest absolute Gasteiger partial charge is 0.279 e. The fourth-order valence-corrected chi connectivity index (χ4v) is 1.92. The Bertz CT molecular complexity index is 264. The number of carbonyl (C=O) groups is 2. The fraction of sp³-hybridized carbons (Fsp3) is 0.778. The Hall–Kier alpha value is -1.26. The van der Waals surface area contributed by atoms with Gasteiger partial charge >= 0.3 is 0 Å². The number of Topliss-reactive ketones (excluding diaryl/α,β-unsaturated/α-hetero) is 1. The molecule has 1 fully saturated rings. The molecule has 14 heavy (non-hydrogen) atoms. The van der Waals surface area contributed by atoms with E-state index >= 15 is 0 Å². The summed E-state index contributed by atoms with van der Waals surface area (Å²) in [5, 5.41) is 10.9. The molecule has 0 aromatic heterocycles. The minimum atomic E-state index is -1.46. The Morgan fingerprint density at radius 1 is 1.50 bits per heavy atom. The van der Waals surface area contributed by atoms with Crippen molar-refractivity contribution in [2.45, 2.75) is 44.1 Å². The molecule has 78 valence electrons. The molecular weight excluding hydrogens is 186 g/mol. The molecule has 0 saturated heterocycles. The first-order valence-electron chi connectivity index (χ1n) is 4.75. The molecule has 5 nitrogen and oxygen atoms in total. The molecule has 0 heterocycles. The van der Waals surface area contributed by atoms with E-state index in [1.54, 1.807) is 0 Å². The van der Waals surface area contributed by atoms with E-state index in [1.165, 1.54) is 0 Å². The summed E-state index contributed by atoms with van der Waals surface area (Å²) in [5.41, 5.74) is -1.46. The fourth-order valence-electron chi connectivity index (χ4n) is 1.92. The molecule has 0 N–H and O–H groups in total. The predicted molar refractivity (Wildman–Crippen MR) is 48.5 cm³/mol. The highest BCUT2D eigenvalue weighted by Crippen LogP contribution is 2.31. The van der Waals surface area contributed by atoms with Crippen molar-refractivity contribution in [1.29, 1.82) is 0 Å². The lowest BCUT2D eigenvalue weighted by molar-refractivity contribution is -0.555. The van der Waals surface area contributed by atoms with Gasteiger partial charge in [-0.3, -0.25) is 14.9 Å².